The second-order valence-electron chi connectivity index (χ2n) is 7.22. The smallest absolute Gasteiger partial charge is 0.305 e. The van der Waals surface area contributed by atoms with Crippen LogP contribution in [0.15, 0.2) is 12.7 Å². The van der Waals surface area contributed by atoms with E-state index in [-0.39, 0.29) is 18.0 Å². The normalized spacial score (nSPS) is 12.6. The highest BCUT2D eigenvalue weighted by Crippen LogP contribution is 2.14. The molecule has 0 aliphatic heterocycles. The monoisotopic (exact) mass is 433 g/mol. The van der Waals surface area contributed by atoms with Crippen LogP contribution in [0.3, 0.4) is 0 Å². The van der Waals surface area contributed by atoms with Crippen LogP contribution in [-0.4, -0.2) is 56.7 Å². The van der Waals surface area contributed by atoms with Crippen LogP contribution in [0.25, 0.3) is 0 Å². The molecule has 0 heterocycles. The first kappa shape index (κ1) is 27.6. The van der Waals surface area contributed by atoms with Crippen LogP contribution in [0.2, 0.25) is 0 Å². The van der Waals surface area contributed by atoms with Crippen molar-refractivity contribution in [3.05, 3.63) is 12.7 Å². The van der Waals surface area contributed by atoms with E-state index in [0.717, 1.165) is 44.9 Å². The molecular formula is C21H39NO6S. The van der Waals surface area contributed by atoms with Gasteiger partial charge in [0.1, 0.15) is 6.10 Å². The minimum Gasteiger partial charge on any atom is -0.466 e. The van der Waals surface area contributed by atoms with Gasteiger partial charge in [-0.25, -0.2) is 12.7 Å². The highest BCUT2D eigenvalue weighted by molar-refractivity contribution is 7.88. The van der Waals surface area contributed by atoms with Crippen molar-refractivity contribution < 1.29 is 27.5 Å². The fourth-order valence-electron chi connectivity index (χ4n) is 3.07. The lowest BCUT2D eigenvalue weighted by atomic mass is 10.1. The third-order valence-electron chi connectivity index (χ3n) is 4.51. The first-order valence-electron chi connectivity index (χ1n) is 10.6. The minimum atomic E-state index is -3.28. The summed E-state index contributed by atoms with van der Waals surface area (Å²) in [5, 5.41) is 0. The van der Waals surface area contributed by atoms with E-state index >= 15 is 0 Å². The number of ether oxygens (including phenoxy) is 2. The standard InChI is InChI=1S/C21H39NO6S/c1-5-7-10-14-20(28-19(3)23)15-13-18-22(29(4,25)26)17-12-9-8-11-16-21(24)27-6-2/h5,20H,1,6-18H2,2-4H3. The van der Waals surface area contributed by atoms with Gasteiger partial charge in [-0.1, -0.05) is 18.9 Å². The molecule has 29 heavy (non-hydrogen) atoms. The Morgan fingerprint density at radius 3 is 2.24 bits per heavy atom. The molecule has 170 valence electrons. The predicted molar refractivity (Wildman–Crippen MR) is 115 cm³/mol. The second-order valence-corrected chi connectivity index (χ2v) is 9.21. The van der Waals surface area contributed by atoms with Gasteiger partial charge >= 0.3 is 11.9 Å². The maximum Gasteiger partial charge on any atom is 0.305 e. The molecule has 0 aromatic rings. The molecule has 7 nitrogen and oxygen atoms in total. The lowest BCUT2D eigenvalue weighted by molar-refractivity contribution is -0.147. The van der Waals surface area contributed by atoms with E-state index in [1.807, 2.05) is 6.08 Å². The van der Waals surface area contributed by atoms with E-state index in [4.69, 9.17) is 9.47 Å². The summed E-state index contributed by atoms with van der Waals surface area (Å²) in [4.78, 5) is 22.6. The van der Waals surface area contributed by atoms with Gasteiger partial charge in [-0.15, -0.1) is 6.58 Å². The molecule has 0 amide bonds. The van der Waals surface area contributed by atoms with Crippen LogP contribution in [0.4, 0.5) is 0 Å². The average molecular weight is 434 g/mol. The number of carbonyl (C=O) groups excluding carboxylic acids is 2. The van der Waals surface area contributed by atoms with Crippen molar-refractivity contribution in [2.45, 2.75) is 84.2 Å². The van der Waals surface area contributed by atoms with E-state index in [0.29, 0.717) is 39.0 Å². The van der Waals surface area contributed by atoms with Gasteiger partial charge in [0.15, 0.2) is 0 Å². The van der Waals surface area contributed by atoms with Crippen LogP contribution in [0, 0.1) is 0 Å². The summed E-state index contributed by atoms with van der Waals surface area (Å²) in [6.07, 6.45) is 10.3. The zero-order chi connectivity index (χ0) is 22.1. The first-order chi connectivity index (χ1) is 13.7. The SMILES string of the molecule is C=CCCCC(CCCN(CCCCCCC(=O)OCC)S(C)(=O)=O)OC(C)=O. The number of hydrogen-bond acceptors (Lipinski definition) is 6. The van der Waals surface area contributed by atoms with Crippen molar-refractivity contribution in [2.24, 2.45) is 0 Å². The first-order valence-corrected chi connectivity index (χ1v) is 12.4. The topological polar surface area (TPSA) is 90.0 Å². The average Bonchev–Trinajstić information content (AvgIpc) is 2.61. The lowest BCUT2D eigenvalue weighted by Crippen LogP contribution is -2.32. The molecule has 0 rings (SSSR count). The van der Waals surface area contributed by atoms with Crippen LogP contribution in [0.1, 0.15) is 78.1 Å². The van der Waals surface area contributed by atoms with E-state index < -0.39 is 10.0 Å². The van der Waals surface area contributed by atoms with Crippen molar-refractivity contribution in [3.8, 4) is 0 Å². The third kappa shape index (κ3) is 16.1. The molecule has 0 saturated heterocycles. The van der Waals surface area contributed by atoms with Gasteiger partial charge in [-0.2, -0.15) is 0 Å². The number of unbranched alkanes of at least 4 members (excludes halogenated alkanes) is 4. The Balaban J connectivity index is 4.28. The molecule has 0 N–H and O–H groups in total. The summed E-state index contributed by atoms with van der Waals surface area (Å²) in [6.45, 7) is 8.15. The molecule has 0 spiro atoms. The molecule has 1 atom stereocenters. The van der Waals surface area contributed by atoms with Gasteiger partial charge in [0.25, 0.3) is 0 Å². The second kappa shape index (κ2) is 16.4. The van der Waals surface area contributed by atoms with E-state index in [1.54, 1.807) is 6.92 Å². The summed E-state index contributed by atoms with van der Waals surface area (Å²) in [5.41, 5.74) is 0. The summed E-state index contributed by atoms with van der Waals surface area (Å²) in [5.74, 6) is -0.489. The van der Waals surface area contributed by atoms with Gasteiger partial charge < -0.3 is 9.47 Å². The van der Waals surface area contributed by atoms with Crippen LogP contribution in [0.5, 0.6) is 0 Å². The molecule has 0 saturated carbocycles. The maximum absolute atomic E-state index is 12.0. The molecule has 0 aromatic carbocycles. The van der Waals surface area contributed by atoms with Gasteiger partial charge in [0.2, 0.25) is 10.0 Å². The molecule has 0 aliphatic rings. The molecule has 0 fully saturated rings. The Bertz CT molecular complexity index is 576. The number of sulfonamides is 1. The molecular weight excluding hydrogens is 394 g/mol. The fraction of sp³-hybridized carbons (Fsp3) is 0.810. The van der Waals surface area contributed by atoms with Crippen molar-refractivity contribution in [1.82, 2.24) is 4.31 Å². The number of rotatable bonds is 18. The third-order valence-corrected chi connectivity index (χ3v) is 5.82. The zero-order valence-electron chi connectivity index (χ0n) is 18.4. The van der Waals surface area contributed by atoms with Crippen molar-refractivity contribution in [2.75, 3.05) is 26.0 Å². The van der Waals surface area contributed by atoms with Gasteiger partial charge in [-0.3, -0.25) is 9.59 Å². The summed E-state index contributed by atoms with van der Waals surface area (Å²) >= 11 is 0. The number of allylic oxidation sites excluding steroid dienone is 1. The van der Waals surface area contributed by atoms with Crippen molar-refractivity contribution in [1.29, 1.82) is 0 Å². The fourth-order valence-corrected chi connectivity index (χ4v) is 3.99. The molecule has 1 unspecified atom stereocenters. The molecule has 0 bridgehead atoms. The van der Waals surface area contributed by atoms with Crippen LogP contribution < -0.4 is 0 Å². The quantitative estimate of drug-likeness (QED) is 0.185. The molecule has 0 radical (unpaired) electrons. The summed E-state index contributed by atoms with van der Waals surface area (Å²) in [7, 11) is -3.28. The van der Waals surface area contributed by atoms with Crippen LogP contribution in [-0.2, 0) is 29.1 Å². The molecule has 0 aromatic heterocycles. The van der Waals surface area contributed by atoms with E-state index in [9.17, 15) is 18.0 Å². The number of carbonyl (C=O) groups is 2. The summed E-state index contributed by atoms with van der Waals surface area (Å²) < 4.78 is 35.8. The molecule has 0 aliphatic carbocycles. The highest BCUT2D eigenvalue weighted by Gasteiger charge is 2.18. The molecule has 8 heteroatoms. The largest absolute Gasteiger partial charge is 0.466 e. The number of hydrogen-bond donors (Lipinski definition) is 0. The zero-order valence-corrected chi connectivity index (χ0v) is 19.2. The van der Waals surface area contributed by atoms with Crippen molar-refractivity contribution >= 4 is 22.0 Å². The Kier molecular flexibility index (Phi) is 15.6. The predicted octanol–water partition coefficient (Wildman–Crippen LogP) is 3.83. The van der Waals surface area contributed by atoms with E-state index in [2.05, 4.69) is 6.58 Å². The highest BCUT2D eigenvalue weighted by atomic mass is 32.2. The summed E-state index contributed by atoms with van der Waals surface area (Å²) in [6, 6.07) is 0. The minimum absolute atomic E-state index is 0.180. The Morgan fingerprint density at radius 2 is 1.66 bits per heavy atom. The Hall–Kier alpha value is -1.41. The Labute approximate surface area is 176 Å². The maximum atomic E-state index is 12.0. The van der Waals surface area contributed by atoms with E-state index in [1.165, 1.54) is 17.5 Å². The number of nitrogens with zero attached hydrogens (tertiary/aromatic N) is 1. The van der Waals surface area contributed by atoms with Crippen LogP contribution >= 0.6 is 0 Å². The van der Waals surface area contributed by atoms with Crippen molar-refractivity contribution in [3.63, 3.8) is 0 Å². The van der Waals surface area contributed by atoms with Gasteiger partial charge in [-0.05, 0) is 51.9 Å². The lowest BCUT2D eigenvalue weighted by Gasteiger charge is -2.22. The number of esters is 2. The Morgan fingerprint density at radius 1 is 1.03 bits per heavy atom. The van der Waals surface area contributed by atoms with Gasteiger partial charge in [0, 0.05) is 26.4 Å². The van der Waals surface area contributed by atoms with Gasteiger partial charge in [0.05, 0.1) is 12.9 Å².